The molecule has 0 aromatic heterocycles. The van der Waals surface area contributed by atoms with Crippen LogP contribution in [0.15, 0.2) is 77.7 Å². The fourth-order valence-corrected chi connectivity index (χ4v) is 6.23. The van der Waals surface area contributed by atoms with E-state index in [0.29, 0.717) is 6.42 Å². The van der Waals surface area contributed by atoms with E-state index in [-0.39, 0.29) is 39.1 Å². The number of hydrogen-bond donors (Lipinski definition) is 1. The molecule has 0 spiro atoms. The topological polar surface area (TPSA) is 86.8 Å². The number of sulfonamides is 1. The third kappa shape index (κ3) is 7.99. The highest BCUT2D eigenvalue weighted by Crippen LogP contribution is 2.30. The summed E-state index contributed by atoms with van der Waals surface area (Å²) in [4.78, 5) is 28.9. The molecule has 2 atom stereocenters. The standard InChI is InChI=1S/C30H35Cl2N3O4S/c1-5-22(4)33-30(37)28(6-2)34(19-23-12-10-11-21(3)15-23)29(36)20-35(26-17-24(31)16-25(32)18-26)40(38,39)27-13-8-7-9-14-27/h7-18,22,28H,5-6,19-20H2,1-4H3,(H,33,37). The minimum absolute atomic E-state index is 0.00527. The molecule has 3 aromatic rings. The smallest absolute Gasteiger partial charge is 0.264 e. The van der Waals surface area contributed by atoms with Gasteiger partial charge in [-0.1, -0.05) is 85.1 Å². The molecule has 2 amide bonds. The van der Waals surface area contributed by atoms with Crippen LogP contribution >= 0.6 is 23.2 Å². The fraction of sp³-hybridized carbons (Fsp3) is 0.333. The molecular formula is C30H35Cl2N3O4S. The van der Waals surface area contributed by atoms with E-state index >= 15 is 0 Å². The average molecular weight is 605 g/mol. The summed E-state index contributed by atoms with van der Waals surface area (Å²) in [5.74, 6) is -0.829. The van der Waals surface area contributed by atoms with Crippen LogP contribution in [0.1, 0.15) is 44.7 Å². The predicted molar refractivity (Wildman–Crippen MR) is 161 cm³/mol. The third-order valence-electron chi connectivity index (χ3n) is 6.57. The van der Waals surface area contributed by atoms with Crippen LogP contribution in [0.25, 0.3) is 0 Å². The maximum Gasteiger partial charge on any atom is 0.264 e. The van der Waals surface area contributed by atoms with Gasteiger partial charge in [0.1, 0.15) is 12.6 Å². The van der Waals surface area contributed by atoms with Crippen LogP contribution in [0.2, 0.25) is 10.0 Å². The summed E-state index contributed by atoms with van der Waals surface area (Å²) in [6, 6.07) is 18.9. The van der Waals surface area contributed by atoms with Crippen LogP contribution in [-0.2, 0) is 26.2 Å². The highest BCUT2D eigenvalue weighted by Gasteiger charge is 2.34. The fourth-order valence-electron chi connectivity index (χ4n) is 4.30. The Bertz CT molecular complexity index is 1410. The van der Waals surface area contributed by atoms with E-state index in [1.165, 1.54) is 35.2 Å². The Morgan fingerprint density at radius 1 is 0.900 bits per heavy atom. The number of halogens is 2. The Kier molecular flexibility index (Phi) is 11.0. The normalized spacial score (nSPS) is 12.8. The minimum atomic E-state index is -4.20. The van der Waals surface area contributed by atoms with Crippen molar-refractivity contribution in [2.24, 2.45) is 0 Å². The second kappa shape index (κ2) is 14.0. The zero-order valence-electron chi connectivity index (χ0n) is 23.1. The minimum Gasteiger partial charge on any atom is -0.352 e. The molecule has 0 saturated carbocycles. The highest BCUT2D eigenvalue weighted by atomic mass is 35.5. The molecule has 0 fully saturated rings. The lowest BCUT2D eigenvalue weighted by atomic mass is 10.1. The highest BCUT2D eigenvalue weighted by molar-refractivity contribution is 7.92. The van der Waals surface area contributed by atoms with Crippen molar-refractivity contribution in [1.29, 1.82) is 0 Å². The van der Waals surface area contributed by atoms with E-state index in [9.17, 15) is 18.0 Å². The number of carbonyl (C=O) groups is 2. The second-order valence-corrected chi connectivity index (χ2v) is 12.4. The molecule has 0 bridgehead atoms. The molecule has 3 aromatic carbocycles. The first kappa shape index (κ1) is 31.5. The van der Waals surface area contributed by atoms with Crippen molar-refractivity contribution in [3.63, 3.8) is 0 Å². The molecule has 7 nitrogen and oxygen atoms in total. The van der Waals surface area contributed by atoms with Crippen LogP contribution < -0.4 is 9.62 Å². The number of nitrogens with zero attached hydrogens (tertiary/aromatic N) is 2. The van der Waals surface area contributed by atoms with Crippen LogP contribution in [0.3, 0.4) is 0 Å². The molecule has 0 saturated heterocycles. The molecule has 0 heterocycles. The molecule has 1 N–H and O–H groups in total. The van der Waals surface area contributed by atoms with Gasteiger partial charge in [-0.15, -0.1) is 0 Å². The van der Waals surface area contributed by atoms with Crippen molar-refractivity contribution < 1.29 is 18.0 Å². The summed E-state index contributed by atoms with van der Waals surface area (Å²) >= 11 is 12.5. The first-order valence-corrected chi connectivity index (χ1v) is 15.3. The first-order valence-electron chi connectivity index (χ1n) is 13.2. The molecule has 3 rings (SSSR count). The van der Waals surface area contributed by atoms with E-state index < -0.39 is 28.5 Å². The molecule has 10 heteroatoms. The van der Waals surface area contributed by atoms with E-state index in [1.54, 1.807) is 18.2 Å². The van der Waals surface area contributed by atoms with Gasteiger partial charge in [-0.25, -0.2) is 8.42 Å². The van der Waals surface area contributed by atoms with Crippen LogP contribution in [0.4, 0.5) is 5.69 Å². The number of amides is 2. The zero-order valence-corrected chi connectivity index (χ0v) is 25.4. The summed E-state index contributed by atoms with van der Waals surface area (Å²) in [6.07, 6.45) is 1.07. The Labute approximate surface area is 247 Å². The van der Waals surface area contributed by atoms with Crippen LogP contribution in [0.5, 0.6) is 0 Å². The lowest BCUT2D eigenvalue weighted by Gasteiger charge is -2.34. The maximum atomic E-state index is 14.1. The summed E-state index contributed by atoms with van der Waals surface area (Å²) < 4.78 is 28.7. The number of aryl methyl sites for hydroxylation is 1. The average Bonchev–Trinajstić information content (AvgIpc) is 2.91. The van der Waals surface area contributed by atoms with Gasteiger partial charge in [0.25, 0.3) is 10.0 Å². The molecule has 2 unspecified atom stereocenters. The van der Waals surface area contributed by atoms with Gasteiger partial charge in [0.05, 0.1) is 10.6 Å². The third-order valence-corrected chi connectivity index (χ3v) is 8.79. The van der Waals surface area contributed by atoms with Crippen molar-refractivity contribution in [3.05, 3.63) is 94.0 Å². The Morgan fingerprint density at radius 3 is 2.12 bits per heavy atom. The van der Waals surface area contributed by atoms with Gasteiger partial charge in [0.15, 0.2) is 0 Å². The van der Waals surface area contributed by atoms with Gasteiger partial charge < -0.3 is 10.2 Å². The predicted octanol–water partition coefficient (Wildman–Crippen LogP) is 6.22. The van der Waals surface area contributed by atoms with Crippen LogP contribution in [0, 0.1) is 6.92 Å². The number of rotatable bonds is 12. The van der Waals surface area contributed by atoms with E-state index in [2.05, 4.69) is 5.32 Å². The Balaban J connectivity index is 2.08. The van der Waals surface area contributed by atoms with E-state index in [4.69, 9.17) is 23.2 Å². The van der Waals surface area contributed by atoms with E-state index in [1.807, 2.05) is 52.0 Å². The van der Waals surface area contributed by atoms with Crippen molar-refractivity contribution in [3.8, 4) is 0 Å². The molecule has 0 aliphatic rings. The number of hydrogen-bond acceptors (Lipinski definition) is 4. The second-order valence-electron chi connectivity index (χ2n) is 9.71. The van der Waals surface area contributed by atoms with Gasteiger partial charge in [0.2, 0.25) is 11.8 Å². The number of carbonyl (C=O) groups excluding carboxylic acids is 2. The number of nitrogens with one attached hydrogen (secondary N) is 1. The molecule has 0 radical (unpaired) electrons. The molecule has 0 aliphatic carbocycles. The van der Waals surface area contributed by atoms with Crippen molar-refractivity contribution in [2.45, 2.75) is 64.1 Å². The summed E-state index contributed by atoms with van der Waals surface area (Å²) in [5.41, 5.74) is 1.97. The van der Waals surface area contributed by atoms with Crippen molar-refractivity contribution in [2.75, 3.05) is 10.8 Å². The summed E-state index contributed by atoms with van der Waals surface area (Å²) in [7, 11) is -4.20. The zero-order chi connectivity index (χ0) is 29.4. The van der Waals surface area contributed by atoms with Gasteiger partial charge in [-0.05, 0) is 62.6 Å². The van der Waals surface area contributed by atoms with Gasteiger partial charge in [-0.2, -0.15) is 0 Å². The Hall–Kier alpha value is -3.07. The maximum absolute atomic E-state index is 14.1. The summed E-state index contributed by atoms with van der Waals surface area (Å²) in [5, 5.41) is 3.41. The van der Waals surface area contributed by atoms with Gasteiger partial charge >= 0.3 is 0 Å². The molecule has 214 valence electrons. The van der Waals surface area contributed by atoms with Crippen LogP contribution in [-0.4, -0.2) is 43.8 Å². The lowest BCUT2D eigenvalue weighted by Crippen LogP contribution is -2.53. The summed E-state index contributed by atoms with van der Waals surface area (Å²) in [6.45, 7) is 7.19. The molecule has 40 heavy (non-hydrogen) atoms. The van der Waals surface area contributed by atoms with Gasteiger partial charge in [-0.3, -0.25) is 13.9 Å². The number of benzene rings is 3. The largest absolute Gasteiger partial charge is 0.352 e. The molecule has 0 aliphatic heterocycles. The number of anilines is 1. The van der Waals surface area contributed by atoms with Crippen molar-refractivity contribution in [1.82, 2.24) is 10.2 Å². The first-order chi connectivity index (χ1) is 19.0. The molecular weight excluding hydrogens is 569 g/mol. The van der Waals surface area contributed by atoms with Gasteiger partial charge in [0, 0.05) is 22.6 Å². The van der Waals surface area contributed by atoms with Crippen molar-refractivity contribution >= 4 is 50.7 Å². The quantitative estimate of drug-likeness (QED) is 0.266. The Morgan fingerprint density at radius 2 is 1.55 bits per heavy atom. The SMILES string of the molecule is CCC(C)NC(=O)C(CC)N(Cc1cccc(C)c1)C(=O)CN(c1cc(Cl)cc(Cl)c1)S(=O)(=O)c1ccccc1. The lowest BCUT2D eigenvalue weighted by molar-refractivity contribution is -0.140. The van der Waals surface area contributed by atoms with E-state index in [0.717, 1.165) is 21.9 Å². The monoisotopic (exact) mass is 603 g/mol.